The molecule has 0 aliphatic carbocycles. The van der Waals surface area contributed by atoms with Crippen LogP contribution in [0.2, 0.25) is 0 Å². The first-order valence-electron chi connectivity index (χ1n) is 6.56. The van der Waals surface area contributed by atoms with Gasteiger partial charge in [0.1, 0.15) is 12.4 Å². The summed E-state index contributed by atoms with van der Waals surface area (Å²) in [5, 5.41) is 10.00. The molecule has 1 N–H and O–H groups in total. The molecule has 5 heteroatoms. The molecule has 0 aliphatic heterocycles. The topological polar surface area (TPSA) is 72.8 Å². The van der Waals surface area contributed by atoms with E-state index >= 15 is 0 Å². The fraction of sp³-hybridized carbons (Fsp3) is 0.400. The van der Waals surface area contributed by atoms with Crippen LogP contribution in [0.25, 0.3) is 0 Å². The number of aliphatic hydroxyl groups excluding tert-OH is 1. The molecule has 0 aliphatic rings. The number of hydrogen-bond donors (Lipinski definition) is 1. The van der Waals surface area contributed by atoms with E-state index in [9.17, 15) is 9.90 Å². The van der Waals surface area contributed by atoms with E-state index in [1.807, 2.05) is 13.8 Å². The van der Waals surface area contributed by atoms with Crippen molar-refractivity contribution in [1.82, 2.24) is 0 Å². The van der Waals surface area contributed by atoms with Gasteiger partial charge in [-0.05, 0) is 18.6 Å². The maximum absolute atomic E-state index is 12.0. The van der Waals surface area contributed by atoms with Crippen molar-refractivity contribution in [1.29, 1.82) is 0 Å². The van der Waals surface area contributed by atoms with Gasteiger partial charge in [0, 0.05) is 11.5 Å². The molecule has 108 valence electrons. The van der Waals surface area contributed by atoms with Crippen LogP contribution in [0.5, 0.6) is 0 Å². The molecule has 0 unspecified atom stereocenters. The Morgan fingerprint density at radius 1 is 1.30 bits per heavy atom. The Hall–Kier alpha value is -2.01. The summed E-state index contributed by atoms with van der Waals surface area (Å²) in [7, 11) is 0. The van der Waals surface area contributed by atoms with Crippen molar-refractivity contribution in [3.63, 3.8) is 0 Å². The average molecular weight is 278 g/mol. The highest BCUT2D eigenvalue weighted by molar-refractivity contribution is 5.89. The molecule has 2 aromatic rings. The molecular weight excluding hydrogens is 260 g/mol. The first kappa shape index (κ1) is 14.4. The van der Waals surface area contributed by atoms with Crippen LogP contribution in [0.15, 0.2) is 46.0 Å². The highest BCUT2D eigenvalue weighted by Gasteiger charge is 2.29. The number of hydrogen-bond acceptors (Lipinski definition) is 5. The van der Waals surface area contributed by atoms with Gasteiger partial charge in [0.05, 0.1) is 30.5 Å². The first-order chi connectivity index (χ1) is 9.63. The van der Waals surface area contributed by atoms with Crippen molar-refractivity contribution in [3.8, 4) is 0 Å². The van der Waals surface area contributed by atoms with Gasteiger partial charge in [0.15, 0.2) is 0 Å². The van der Waals surface area contributed by atoms with Gasteiger partial charge in [-0.25, -0.2) is 4.79 Å². The van der Waals surface area contributed by atoms with Gasteiger partial charge in [0.25, 0.3) is 0 Å². The number of furan rings is 2. The molecule has 0 fully saturated rings. The zero-order valence-corrected chi connectivity index (χ0v) is 11.5. The molecule has 0 spiro atoms. The van der Waals surface area contributed by atoms with Crippen LogP contribution in [-0.2, 0) is 4.74 Å². The van der Waals surface area contributed by atoms with Crippen LogP contribution in [0, 0.1) is 5.92 Å². The van der Waals surface area contributed by atoms with Gasteiger partial charge < -0.3 is 18.7 Å². The number of carbonyl (C=O) groups is 1. The van der Waals surface area contributed by atoms with Gasteiger partial charge in [-0.2, -0.15) is 0 Å². The van der Waals surface area contributed by atoms with E-state index in [1.165, 1.54) is 31.1 Å². The Bertz CT molecular complexity index is 514. The Morgan fingerprint density at radius 3 is 2.55 bits per heavy atom. The summed E-state index contributed by atoms with van der Waals surface area (Å²) in [6.07, 6.45) is 5.23. The lowest BCUT2D eigenvalue weighted by Gasteiger charge is -2.26. The third-order valence-corrected chi connectivity index (χ3v) is 3.37. The molecule has 0 saturated carbocycles. The number of carbonyl (C=O) groups excluding carboxylic acids is 1. The summed E-state index contributed by atoms with van der Waals surface area (Å²) in [5.74, 6) is -0.728. The number of aliphatic hydroxyl groups is 1. The fourth-order valence-electron chi connectivity index (χ4n) is 2.05. The predicted octanol–water partition coefficient (Wildman–Crippen LogP) is 3.18. The number of rotatable bonds is 6. The van der Waals surface area contributed by atoms with E-state index < -0.39 is 18.2 Å². The monoisotopic (exact) mass is 278 g/mol. The minimum Gasteiger partial charge on any atom is -0.472 e. The first-order valence-corrected chi connectivity index (χ1v) is 6.56. The van der Waals surface area contributed by atoms with E-state index in [-0.39, 0.29) is 5.92 Å². The highest BCUT2D eigenvalue weighted by atomic mass is 16.5. The largest absolute Gasteiger partial charge is 0.472 e. The highest BCUT2D eigenvalue weighted by Crippen LogP contribution is 2.30. The van der Waals surface area contributed by atoms with E-state index in [2.05, 4.69) is 0 Å². The van der Waals surface area contributed by atoms with Crippen molar-refractivity contribution in [3.05, 3.63) is 48.3 Å². The van der Waals surface area contributed by atoms with Crippen molar-refractivity contribution >= 4 is 5.97 Å². The molecule has 3 atom stereocenters. The van der Waals surface area contributed by atoms with Crippen molar-refractivity contribution < 1.29 is 23.5 Å². The SMILES string of the molecule is CC[C@H](O)[C@@H](C)[C@@H](OC(=O)c1ccoc1)c1ccoc1. The second-order valence-corrected chi connectivity index (χ2v) is 4.73. The van der Waals surface area contributed by atoms with Crippen LogP contribution in [0.3, 0.4) is 0 Å². The second-order valence-electron chi connectivity index (χ2n) is 4.73. The predicted molar refractivity (Wildman–Crippen MR) is 71.0 cm³/mol. The standard InChI is InChI=1S/C15H18O5/c1-3-13(16)10(2)14(11-4-6-18-8-11)20-15(17)12-5-7-19-9-12/h4-10,13-14,16H,3H2,1-2H3/t10-,13+,14-/m1/s1. The van der Waals surface area contributed by atoms with E-state index in [1.54, 1.807) is 6.07 Å². The normalized spacial score (nSPS) is 15.6. The van der Waals surface area contributed by atoms with Gasteiger partial charge in [-0.15, -0.1) is 0 Å². The van der Waals surface area contributed by atoms with Gasteiger partial charge >= 0.3 is 5.97 Å². The molecule has 2 aromatic heterocycles. The average Bonchev–Trinajstić information content (AvgIpc) is 3.14. The second kappa shape index (κ2) is 6.43. The van der Waals surface area contributed by atoms with Crippen molar-refractivity contribution in [2.24, 2.45) is 5.92 Å². The lowest BCUT2D eigenvalue weighted by atomic mass is 9.92. The van der Waals surface area contributed by atoms with Crippen molar-refractivity contribution in [2.75, 3.05) is 0 Å². The van der Waals surface area contributed by atoms with Crippen molar-refractivity contribution in [2.45, 2.75) is 32.5 Å². The van der Waals surface area contributed by atoms with Crippen LogP contribution in [0.4, 0.5) is 0 Å². The van der Waals surface area contributed by atoms with E-state index in [0.717, 1.165) is 5.56 Å². The maximum Gasteiger partial charge on any atom is 0.342 e. The summed E-state index contributed by atoms with van der Waals surface area (Å²) in [6, 6.07) is 3.27. The number of ether oxygens (including phenoxy) is 1. The molecule has 0 amide bonds. The Balaban J connectivity index is 2.17. The molecular formula is C15H18O5. The zero-order chi connectivity index (χ0) is 14.5. The smallest absolute Gasteiger partial charge is 0.342 e. The summed E-state index contributed by atoms with van der Waals surface area (Å²) in [5.41, 5.74) is 1.07. The quantitative estimate of drug-likeness (QED) is 0.821. The molecule has 5 nitrogen and oxygen atoms in total. The Morgan fingerprint density at radius 2 is 2.00 bits per heavy atom. The Labute approximate surface area is 117 Å². The molecule has 0 radical (unpaired) electrons. The van der Waals surface area contributed by atoms with Gasteiger partial charge in [-0.1, -0.05) is 13.8 Å². The maximum atomic E-state index is 12.0. The van der Waals surface area contributed by atoms with Crippen LogP contribution in [0.1, 0.15) is 42.3 Å². The third-order valence-electron chi connectivity index (χ3n) is 3.37. The van der Waals surface area contributed by atoms with E-state index in [0.29, 0.717) is 12.0 Å². The lowest BCUT2D eigenvalue weighted by Crippen LogP contribution is -2.27. The molecule has 0 saturated heterocycles. The number of esters is 1. The minimum absolute atomic E-state index is 0.242. The molecule has 0 bridgehead atoms. The van der Waals surface area contributed by atoms with Gasteiger partial charge in [0.2, 0.25) is 0 Å². The van der Waals surface area contributed by atoms with Crippen LogP contribution < -0.4 is 0 Å². The minimum atomic E-state index is -0.564. The van der Waals surface area contributed by atoms with Crippen LogP contribution in [-0.4, -0.2) is 17.2 Å². The molecule has 2 heterocycles. The van der Waals surface area contributed by atoms with Gasteiger partial charge in [-0.3, -0.25) is 0 Å². The summed E-state index contributed by atoms with van der Waals surface area (Å²) < 4.78 is 15.4. The summed E-state index contributed by atoms with van der Waals surface area (Å²) in [6.45, 7) is 3.72. The third kappa shape index (κ3) is 3.11. The lowest BCUT2D eigenvalue weighted by molar-refractivity contribution is -0.0156. The van der Waals surface area contributed by atoms with Crippen LogP contribution >= 0.6 is 0 Å². The zero-order valence-electron chi connectivity index (χ0n) is 11.5. The van der Waals surface area contributed by atoms with E-state index in [4.69, 9.17) is 13.6 Å². The molecule has 0 aromatic carbocycles. The summed E-state index contributed by atoms with van der Waals surface area (Å²) >= 11 is 0. The summed E-state index contributed by atoms with van der Waals surface area (Å²) in [4.78, 5) is 12.0. The molecule has 20 heavy (non-hydrogen) atoms. The molecule has 2 rings (SSSR count). The Kier molecular flexibility index (Phi) is 4.63. The fourth-order valence-corrected chi connectivity index (χ4v) is 2.05.